The van der Waals surface area contributed by atoms with E-state index in [-0.39, 0.29) is 23.4 Å². The number of hydrogen-bond donors (Lipinski definition) is 0. The smallest absolute Gasteiger partial charge is 0.165 e. The molecular formula is C21H24O2. The quantitative estimate of drug-likeness (QED) is 0.707. The Morgan fingerprint density at radius 1 is 0.739 bits per heavy atom. The Balaban J connectivity index is 2.15. The minimum absolute atomic E-state index is 0.00609. The maximum absolute atomic E-state index is 12.1. The normalized spacial score (nSPS) is 11.0. The molecule has 2 rings (SSSR count). The summed E-state index contributed by atoms with van der Waals surface area (Å²) < 4.78 is 0. The molecule has 0 N–H and O–H groups in total. The average Bonchev–Trinajstić information content (AvgIpc) is 2.54. The lowest BCUT2D eigenvalue weighted by molar-refractivity contribution is 0.0932. The van der Waals surface area contributed by atoms with Gasteiger partial charge in [0.1, 0.15) is 0 Å². The molecular weight excluding hydrogens is 284 g/mol. The number of benzene rings is 2. The lowest BCUT2D eigenvalue weighted by Crippen LogP contribution is -2.08. The molecule has 0 aromatic heterocycles. The van der Waals surface area contributed by atoms with Crippen LogP contribution in [0.25, 0.3) is 0 Å². The van der Waals surface area contributed by atoms with Crippen LogP contribution in [0.4, 0.5) is 0 Å². The van der Waals surface area contributed by atoms with Crippen LogP contribution >= 0.6 is 0 Å². The molecule has 0 amide bonds. The van der Waals surface area contributed by atoms with Gasteiger partial charge >= 0.3 is 0 Å². The fraction of sp³-hybridized carbons (Fsp3) is 0.333. The van der Waals surface area contributed by atoms with E-state index >= 15 is 0 Å². The minimum atomic E-state index is 0.00609. The van der Waals surface area contributed by atoms with Crippen molar-refractivity contribution in [1.82, 2.24) is 0 Å². The third kappa shape index (κ3) is 4.38. The molecule has 2 aromatic rings. The van der Waals surface area contributed by atoms with Crippen LogP contribution in [-0.4, -0.2) is 11.6 Å². The molecule has 0 radical (unpaired) electrons. The first kappa shape index (κ1) is 17.1. The van der Waals surface area contributed by atoms with Gasteiger partial charge in [-0.1, -0.05) is 70.2 Å². The third-order valence-corrected chi connectivity index (χ3v) is 3.91. The Bertz CT molecular complexity index is 694. The number of Topliss-reactive ketones (excluding diaryl/α,β-unsaturated/α-hetero) is 2. The van der Waals surface area contributed by atoms with Crippen molar-refractivity contribution in [3.8, 4) is 0 Å². The predicted octanol–water partition coefficient (Wildman–Crippen LogP) is 4.95. The van der Waals surface area contributed by atoms with E-state index in [2.05, 4.69) is 0 Å². The first-order chi connectivity index (χ1) is 10.9. The van der Waals surface area contributed by atoms with Crippen molar-refractivity contribution in [2.75, 3.05) is 0 Å². The molecule has 120 valence electrons. The van der Waals surface area contributed by atoms with Crippen molar-refractivity contribution in [3.05, 3.63) is 70.8 Å². The van der Waals surface area contributed by atoms with E-state index in [0.717, 1.165) is 28.7 Å². The number of carbonyl (C=O) groups is 2. The first-order valence-corrected chi connectivity index (χ1v) is 8.14. The summed E-state index contributed by atoms with van der Waals surface area (Å²) in [6.07, 6.45) is 0.759. The monoisotopic (exact) mass is 308 g/mol. The fourth-order valence-corrected chi connectivity index (χ4v) is 2.52. The molecule has 2 heteroatoms. The summed E-state index contributed by atoms with van der Waals surface area (Å²) in [5.74, 6) is 0.358. The zero-order chi connectivity index (χ0) is 17.0. The fourth-order valence-electron chi connectivity index (χ4n) is 2.52. The van der Waals surface area contributed by atoms with Gasteiger partial charge in [-0.2, -0.15) is 0 Å². The summed E-state index contributed by atoms with van der Waals surface area (Å²) >= 11 is 0. The van der Waals surface area contributed by atoms with E-state index in [1.54, 1.807) is 0 Å². The van der Waals surface area contributed by atoms with Crippen LogP contribution < -0.4 is 0 Å². The van der Waals surface area contributed by atoms with Gasteiger partial charge in [0.25, 0.3) is 0 Å². The van der Waals surface area contributed by atoms with E-state index in [9.17, 15) is 9.59 Å². The van der Waals surface area contributed by atoms with Crippen molar-refractivity contribution in [1.29, 1.82) is 0 Å². The number of carbonyl (C=O) groups excluding carboxylic acids is 2. The molecule has 0 unspecified atom stereocenters. The molecule has 0 spiro atoms. The second-order valence-corrected chi connectivity index (χ2v) is 6.61. The molecule has 2 nitrogen and oxygen atoms in total. The van der Waals surface area contributed by atoms with Gasteiger partial charge < -0.3 is 0 Å². The topological polar surface area (TPSA) is 34.1 Å². The first-order valence-electron chi connectivity index (χ1n) is 8.14. The number of hydrogen-bond acceptors (Lipinski definition) is 2. The van der Waals surface area contributed by atoms with Gasteiger partial charge in [0.05, 0.1) is 0 Å². The van der Waals surface area contributed by atoms with E-state index in [1.807, 2.05) is 76.2 Å². The summed E-state index contributed by atoms with van der Waals surface area (Å²) in [5, 5.41) is 0. The minimum Gasteiger partial charge on any atom is -0.294 e. The van der Waals surface area contributed by atoms with Gasteiger partial charge in [-0.15, -0.1) is 0 Å². The highest BCUT2D eigenvalue weighted by atomic mass is 16.1. The standard InChI is InChI=1S/C21H24O2/c1-14(2)20(22)18-10-8-16(9-11-18)12-17-6-5-7-19(13-17)21(23)15(3)4/h5-11,13-15H,12H2,1-4H3. The zero-order valence-electron chi connectivity index (χ0n) is 14.3. The van der Waals surface area contributed by atoms with Crippen molar-refractivity contribution in [2.45, 2.75) is 34.1 Å². The van der Waals surface area contributed by atoms with Gasteiger partial charge in [0.2, 0.25) is 0 Å². The van der Waals surface area contributed by atoms with Crippen molar-refractivity contribution < 1.29 is 9.59 Å². The van der Waals surface area contributed by atoms with Gasteiger partial charge in [-0.3, -0.25) is 9.59 Å². The van der Waals surface area contributed by atoms with Crippen LogP contribution in [0.5, 0.6) is 0 Å². The van der Waals surface area contributed by atoms with Crippen LogP contribution in [0.3, 0.4) is 0 Å². The Morgan fingerprint density at radius 2 is 1.30 bits per heavy atom. The molecule has 2 aromatic carbocycles. The molecule has 0 atom stereocenters. The summed E-state index contributed by atoms with van der Waals surface area (Å²) in [5.41, 5.74) is 3.77. The SMILES string of the molecule is CC(C)C(=O)c1ccc(Cc2cccc(C(=O)C(C)C)c2)cc1. The van der Waals surface area contributed by atoms with Crippen molar-refractivity contribution in [3.63, 3.8) is 0 Å². The molecule has 0 aliphatic rings. The number of ketones is 2. The van der Waals surface area contributed by atoms with E-state index in [1.165, 1.54) is 0 Å². The van der Waals surface area contributed by atoms with E-state index in [0.29, 0.717) is 0 Å². The third-order valence-electron chi connectivity index (χ3n) is 3.91. The largest absolute Gasteiger partial charge is 0.294 e. The lowest BCUT2D eigenvalue weighted by atomic mass is 9.95. The molecule has 0 heterocycles. The Morgan fingerprint density at radius 3 is 1.87 bits per heavy atom. The lowest BCUT2D eigenvalue weighted by Gasteiger charge is -2.08. The highest BCUT2D eigenvalue weighted by molar-refractivity contribution is 5.98. The summed E-state index contributed by atoms with van der Waals surface area (Å²) in [7, 11) is 0. The van der Waals surface area contributed by atoms with Crippen molar-refractivity contribution >= 4 is 11.6 Å². The van der Waals surface area contributed by atoms with E-state index in [4.69, 9.17) is 0 Å². The molecule has 0 aliphatic carbocycles. The molecule has 23 heavy (non-hydrogen) atoms. The maximum atomic E-state index is 12.1. The zero-order valence-corrected chi connectivity index (χ0v) is 14.3. The molecule has 0 bridgehead atoms. The van der Waals surface area contributed by atoms with Crippen LogP contribution in [0.15, 0.2) is 48.5 Å². The highest BCUT2D eigenvalue weighted by Gasteiger charge is 2.12. The second-order valence-electron chi connectivity index (χ2n) is 6.61. The molecule has 0 saturated heterocycles. The Labute approximate surface area is 138 Å². The van der Waals surface area contributed by atoms with Gasteiger partial charge in [0, 0.05) is 23.0 Å². The van der Waals surface area contributed by atoms with Gasteiger partial charge in [-0.05, 0) is 23.6 Å². The summed E-state index contributed by atoms with van der Waals surface area (Å²) in [4.78, 5) is 24.1. The molecule has 0 saturated carbocycles. The van der Waals surface area contributed by atoms with Gasteiger partial charge in [-0.25, -0.2) is 0 Å². The molecule has 0 fully saturated rings. The Hall–Kier alpha value is -2.22. The van der Waals surface area contributed by atoms with E-state index < -0.39 is 0 Å². The van der Waals surface area contributed by atoms with Crippen LogP contribution in [0.1, 0.15) is 59.5 Å². The Kier molecular flexibility index (Phi) is 5.49. The average molecular weight is 308 g/mol. The highest BCUT2D eigenvalue weighted by Crippen LogP contribution is 2.16. The van der Waals surface area contributed by atoms with Gasteiger partial charge in [0.15, 0.2) is 11.6 Å². The van der Waals surface area contributed by atoms with Crippen LogP contribution in [0, 0.1) is 11.8 Å². The maximum Gasteiger partial charge on any atom is 0.165 e. The summed E-state index contributed by atoms with van der Waals surface area (Å²) in [6, 6.07) is 15.6. The van der Waals surface area contributed by atoms with Crippen molar-refractivity contribution in [2.24, 2.45) is 11.8 Å². The van der Waals surface area contributed by atoms with Crippen LogP contribution in [0.2, 0.25) is 0 Å². The van der Waals surface area contributed by atoms with Crippen LogP contribution in [-0.2, 0) is 6.42 Å². The molecule has 0 aliphatic heterocycles. The predicted molar refractivity (Wildman–Crippen MR) is 94.0 cm³/mol. The number of rotatable bonds is 6. The second kappa shape index (κ2) is 7.36. The summed E-state index contributed by atoms with van der Waals surface area (Å²) in [6.45, 7) is 7.65.